The van der Waals surface area contributed by atoms with Gasteiger partial charge in [-0.2, -0.15) is 0 Å². The van der Waals surface area contributed by atoms with E-state index in [0.717, 1.165) is 18.5 Å². The van der Waals surface area contributed by atoms with Gasteiger partial charge in [-0.25, -0.2) is 9.37 Å². The van der Waals surface area contributed by atoms with Gasteiger partial charge in [-0.05, 0) is 24.1 Å². The number of carbonyl (C=O) groups is 1. The van der Waals surface area contributed by atoms with Crippen LogP contribution in [0, 0.1) is 5.82 Å². The van der Waals surface area contributed by atoms with Crippen LogP contribution >= 0.6 is 0 Å². The molecule has 0 radical (unpaired) electrons. The first-order chi connectivity index (χ1) is 14.2. The van der Waals surface area contributed by atoms with Crippen molar-refractivity contribution in [2.24, 2.45) is 4.99 Å². The lowest BCUT2D eigenvalue weighted by atomic mass is 10.2. The van der Waals surface area contributed by atoms with Gasteiger partial charge in [-0.1, -0.05) is 30.3 Å². The Morgan fingerprint density at radius 1 is 1.24 bits per heavy atom. The summed E-state index contributed by atoms with van der Waals surface area (Å²) >= 11 is 0. The maximum Gasteiger partial charge on any atom is 0.222 e. The summed E-state index contributed by atoms with van der Waals surface area (Å²) in [7, 11) is 1.69. The van der Waals surface area contributed by atoms with Crippen LogP contribution in [0.2, 0.25) is 0 Å². The quantitative estimate of drug-likeness (QED) is 0.488. The molecule has 2 aromatic rings. The molecule has 1 aliphatic heterocycles. The molecule has 7 nitrogen and oxygen atoms in total. The first kappa shape index (κ1) is 20.6. The first-order valence-corrected chi connectivity index (χ1v) is 9.79. The van der Waals surface area contributed by atoms with Gasteiger partial charge >= 0.3 is 0 Å². The summed E-state index contributed by atoms with van der Waals surface area (Å²) in [6.45, 7) is 2.37. The number of amides is 1. The van der Waals surface area contributed by atoms with Gasteiger partial charge < -0.3 is 20.9 Å². The van der Waals surface area contributed by atoms with Gasteiger partial charge in [0.05, 0.1) is 0 Å². The van der Waals surface area contributed by atoms with Crippen molar-refractivity contribution in [2.45, 2.75) is 25.4 Å². The number of halogens is 1. The smallest absolute Gasteiger partial charge is 0.222 e. The normalized spacial score (nSPS) is 16.6. The SMILES string of the molecule is CN=C(NCCC(=O)NCc1ccccc1)NC1CCN(c2ncccc2F)C1. The van der Waals surface area contributed by atoms with Gasteiger partial charge in [0.15, 0.2) is 17.6 Å². The number of pyridine rings is 1. The lowest BCUT2D eigenvalue weighted by Gasteiger charge is -2.20. The molecule has 3 N–H and O–H groups in total. The van der Waals surface area contributed by atoms with E-state index in [1.54, 1.807) is 19.3 Å². The van der Waals surface area contributed by atoms with Crippen molar-refractivity contribution in [3.63, 3.8) is 0 Å². The second-order valence-corrected chi connectivity index (χ2v) is 6.90. The Labute approximate surface area is 170 Å². The van der Waals surface area contributed by atoms with Crippen LogP contribution in [0.1, 0.15) is 18.4 Å². The van der Waals surface area contributed by atoms with Crippen LogP contribution < -0.4 is 20.9 Å². The Hall–Kier alpha value is -3.16. The third-order valence-electron chi connectivity index (χ3n) is 4.77. The van der Waals surface area contributed by atoms with Crippen molar-refractivity contribution in [1.29, 1.82) is 0 Å². The average Bonchev–Trinajstić information content (AvgIpc) is 3.21. The highest BCUT2D eigenvalue weighted by Crippen LogP contribution is 2.20. The lowest BCUT2D eigenvalue weighted by molar-refractivity contribution is -0.121. The fraction of sp³-hybridized carbons (Fsp3) is 0.381. The summed E-state index contributed by atoms with van der Waals surface area (Å²) in [5.74, 6) is 0.690. The highest BCUT2D eigenvalue weighted by Gasteiger charge is 2.25. The fourth-order valence-electron chi connectivity index (χ4n) is 3.25. The molecule has 1 aliphatic rings. The number of carbonyl (C=O) groups excluding carboxylic acids is 1. The van der Waals surface area contributed by atoms with E-state index in [9.17, 15) is 9.18 Å². The van der Waals surface area contributed by atoms with Gasteiger partial charge in [-0.15, -0.1) is 0 Å². The molecule has 1 aromatic carbocycles. The zero-order chi connectivity index (χ0) is 20.5. The van der Waals surface area contributed by atoms with Crippen LogP contribution in [-0.2, 0) is 11.3 Å². The van der Waals surface area contributed by atoms with Crippen molar-refractivity contribution >= 4 is 17.7 Å². The molecule has 3 rings (SSSR count). The monoisotopic (exact) mass is 398 g/mol. The summed E-state index contributed by atoms with van der Waals surface area (Å²) in [5, 5.41) is 9.40. The number of guanidine groups is 1. The topological polar surface area (TPSA) is 81.6 Å². The lowest BCUT2D eigenvalue weighted by Crippen LogP contribution is -2.45. The zero-order valence-electron chi connectivity index (χ0n) is 16.6. The van der Waals surface area contributed by atoms with Crippen LogP contribution in [0.25, 0.3) is 0 Å². The maximum atomic E-state index is 13.9. The minimum atomic E-state index is -0.308. The van der Waals surface area contributed by atoms with Gasteiger partial charge in [0.2, 0.25) is 5.91 Å². The molecule has 1 atom stereocenters. The number of nitrogens with zero attached hydrogens (tertiary/aromatic N) is 3. The molecular weight excluding hydrogens is 371 g/mol. The first-order valence-electron chi connectivity index (χ1n) is 9.79. The van der Waals surface area contributed by atoms with Crippen LogP contribution in [-0.4, -0.2) is 49.6 Å². The molecule has 0 aliphatic carbocycles. The number of anilines is 1. The molecule has 2 heterocycles. The molecule has 154 valence electrons. The second kappa shape index (κ2) is 10.4. The largest absolute Gasteiger partial charge is 0.356 e. The van der Waals surface area contributed by atoms with Crippen LogP contribution in [0.4, 0.5) is 10.2 Å². The minimum absolute atomic E-state index is 0.0190. The van der Waals surface area contributed by atoms with Crippen molar-refractivity contribution in [1.82, 2.24) is 20.9 Å². The molecule has 1 unspecified atom stereocenters. The summed E-state index contributed by atoms with van der Waals surface area (Å²) in [6.07, 6.45) is 2.81. The predicted molar refractivity (Wildman–Crippen MR) is 112 cm³/mol. The van der Waals surface area contributed by atoms with Crippen LogP contribution in [0.5, 0.6) is 0 Å². The van der Waals surface area contributed by atoms with Crippen molar-refractivity contribution in [3.8, 4) is 0 Å². The summed E-state index contributed by atoms with van der Waals surface area (Å²) in [6, 6.07) is 13.0. The zero-order valence-corrected chi connectivity index (χ0v) is 16.6. The molecule has 1 fully saturated rings. The van der Waals surface area contributed by atoms with Gasteiger partial charge in [-0.3, -0.25) is 9.79 Å². The van der Waals surface area contributed by atoms with Crippen molar-refractivity contribution in [2.75, 3.05) is 31.6 Å². The second-order valence-electron chi connectivity index (χ2n) is 6.90. The molecule has 1 aromatic heterocycles. The number of aliphatic imine (C=N–C) groups is 1. The number of rotatable bonds is 7. The van der Waals surface area contributed by atoms with Gasteiger partial charge in [0, 0.05) is 51.9 Å². The Bertz CT molecular complexity index is 829. The number of benzene rings is 1. The van der Waals surface area contributed by atoms with Crippen LogP contribution in [0.15, 0.2) is 53.7 Å². The van der Waals surface area contributed by atoms with Gasteiger partial charge in [0.25, 0.3) is 0 Å². The highest BCUT2D eigenvalue weighted by molar-refractivity contribution is 5.81. The Morgan fingerprint density at radius 2 is 2.07 bits per heavy atom. The average molecular weight is 398 g/mol. The number of hydrogen-bond acceptors (Lipinski definition) is 4. The van der Waals surface area contributed by atoms with E-state index in [2.05, 4.69) is 25.9 Å². The predicted octanol–water partition coefficient (Wildman–Crippen LogP) is 1.67. The molecule has 8 heteroatoms. The van der Waals surface area contributed by atoms with E-state index in [0.29, 0.717) is 37.8 Å². The summed E-state index contributed by atoms with van der Waals surface area (Å²) < 4.78 is 13.9. The molecule has 0 saturated carbocycles. The molecule has 29 heavy (non-hydrogen) atoms. The van der Waals surface area contributed by atoms with E-state index < -0.39 is 0 Å². The van der Waals surface area contributed by atoms with Crippen molar-refractivity contribution in [3.05, 3.63) is 60.0 Å². The summed E-state index contributed by atoms with van der Waals surface area (Å²) in [5.41, 5.74) is 1.07. The fourth-order valence-corrected chi connectivity index (χ4v) is 3.25. The summed E-state index contributed by atoms with van der Waals surface area (Å²) in [4.78, 5) is 22.3. The van der Waals surface area contributed by atoms with E-state index in [1.165, 1.54) is 6.07 Å². The highest BCUT2D eigenvalue weighted by atomic mass is 19.1. The van der Waals surface area contributed by atoms with E-state index >= 15 is 0 Å². The minimum Gasteiger partial charge on any atom is -0.356 e. The van der Waals surface area contributed by atoms with Crippen LogP contribution in [0.3, 0.4) is 0 Å². The molecule has 1 saturated heterocycles. The molecular formula is C21H27FN6O. The van der Waals surface area contributed by atoms with Crippen molar-refractivity contribution < 1.29 is 9.18 Å². The standard InChI is InChI=1S/C21H27FN6O/c1-23-21(25-12-9-19(29)26-14-16-6-3-2-4-7-16)27-17-10-13-28(15-17)20-18(22)8-5-11-24-20/h2-8,11,17H,9-10,12-15H2,1H3,(H,26,29)(H2,23,25,27). The maximum absolute atomic E-state index is 13.9. The Kier molecular flexibility index (Phi) is 7.38. The molecule has 1 amide bonds. The van der Waals surface area contributed by atoms with E-state index in [1.807, 2.05) is 35.2 Å². The number of nitrogens with one attached hydrogen (secondary N) is 3. The number of hydrogen-bond donors (Lipinski definition) is 3. The molecule has 0 spiro atoms. The van der Waals surface area contributed by atoms with Gasteiger partial charge in [0.1, 0.15) is 0 Å². The van der Waals surface area contributed by atoms with E-state index in [-0.39, 0.29) is 17.8 Å². The van der Waals surface area contributed by atoms with E-state index in [4.69, 9.17) is 0 Å². The third-order valence-corrected chi connectivity index (χ3v) is 4.77. The Balaban J connectivity index is 1.37. The Morgan fingerprint density at radius 3 is 2.83 bits per heavy atom. The number of aromatic nitrogens is 1. The third kappa shape index (κ3) is 6.17. The molecule has 0 bridgehead atoms.